The van der Waals surface area contributed by atoms with Crippen molar-refractivity contribution < 1.29 is 59.7 Å². The maximum absolute atomic E-state index is 9.84. The van der Waals surface area contributed by atoms with Crippen molar-refractivity contribution in [3.05, 3.63) is 0 Å². The molecule has 0 rings (SSSR count). The lowest BCUT2D eigenvalue weighted by Gasteiger charge is -1.90. The van der Waals surface area contributed by atoms with Crippen LogP contribution in [0.5, 0.6) is 0 Å². The van der Waals surface area contributed by atoms with Crippen molar-refractivity contribution in [3.8, 4) is 0 Å². The van der Waals surface area contributed by atoms with E-state index in [0.29, 0.717) is 0 Å². The molecule has 37 heteroatoms. The van der Waals surface area contributed by atoms with Crippen LogP contribution in [0.3, 0.4) is 0 Å². The zero-order valence-electron chi connectivity index (χ0n) is 18.2. The Labute approximate surface area is 298 Å². The number of hydrogen-bond acceptors (Lipinski definition) is 18. The molecule has 19 nitrogen and oxygen atoms in total. The average Bonchev–Trinajstić information content (AvgIpc) is 2.74. The lowest BCUT2D eigenvalue weighted by atomic mass is 11.4. The highest BCUT2D eigenvalue weighted by atomic mass is 36.0. The first-order valence-corrected chi connectivity index (χ1v) is 21.8. The molecule has 0 aliphatic carbocycles. The summed E-state index contributed by atoms with van der Waals surface area (Å²) in [6.07, 6.45) is 0. The number of aliphatic hydroxyl groups excluding tert-OH is 1. The van der Waals surface area contributed by atoms with Crippen molar-refractivity contribution in [2.75, 3.05) is 24.7 Å². The number of hydrogen-bond donors (Lipinski definition) is 4. The Bertz CT molecular complexity index is 872. The second-order valence-electron chi connectivity index (χ2n) is 2.65. The van der Waals surface area contributed by atoms with Gasteiger partial charge in [0.1, 0.15) is 23.4 Å². The maximum Gasteiger partial charge on any atom is 0.335 e. The summed E-state index contributed by atoms with van der Waals surface area (Å²) in [5.74, 6) is 0. The Kier molecular flexibility index (Phi) is 98.9. The van der Waals surface area contributed by atoms with Gasteiger partial charge in [-0.15, -0.1) is 11.6 Å². The molecule has 41 heavy (non-hydrogen) atoms. The number of halogens is 10. The van der Waals surface area contributed by atoms with Crippen LogP contribution in [0.25, 0.3) is 0 Å². The van der Waals surface area contributed by atoms with Gasteiger partial charge in [-0.3, -0.25) is 0 Å². The van der Waals surface area contributed by atoms with Crippen molar-refractivity contribution in [3.63, 3.8) is 0 Å². The molecular formula is C4H14Cl10N5O14S8-. The normalized spacial score (nSPS) is 9.27. The Morgan fingerprint density at radius 3 is 0.951 bits per heavy atom. The van der Waals surface area contributed by atoms with E-state index in [2.05, 4.69) is 99.9 Å². The molecule has 0 amide bonds. The first-order chi connectivity index (χ1) is 18.5. The molecule has 0 aromatic rings. The number of alkyl halides is 3. The third-order valence-electron chi connectivity index (χ3n) is 0.454. The fraction of sp³-hybridized carbons (Fsp3) is 1.00. The zero-order chi connectivity index (χ0) is 35.5. The van der Waals surface area contributed by atoms with Crippen molar-refractivity contribution in [1.29, 1.82) is 0 Å². The van der Waals surface area contributed by atoms with Gasteiger partial charge in [-0.1, -0.05) is 27.3 Å². The minimum Gasteiger partial charge on any atom is -0.749 e. The third-order valence-corrected chi connectivity index (χ3v) is 4.58. The van der Waals surface area contributed by atoms with Gasteiger partial charge in [0.2, 0.25) is 41.4 Å². The molecule has 0 heterocycles. The summed E-state index contributed by atoms with van der Waals surface area (Å²) in [4.78, 5) is 0. The smallest absolute Gasteiger partial charge is 0.335 e. The average molecular weight is 967 g/mol. The lowest BCUT2D eigenvalue weighted by Crippen LogP contribution is -2.21. The predicted octanol–water partition coefficient (Wildman–Crippen LogP) is 1.10. The van der Waals surface area contributed by atoms with Gasteiger partial charge < -0.3 is 21.1 Å². The van der Waals surface area contributed by atoms with Gasteiger partial charge in [0.15, 0.2) is 0 Å². The van der Waals surface area contributed by atoms with Gasteiger partial charge in [-0.25, -0.2) is 12.6 Å². The largest absolute Gasteiger partial charge is 0.749 e. The Balaban J connectivity index is -0.0000000413. The molecule has 1 unspecified atom stereocenters. The first kappa shape index (κ1) is 66.0. The van der Waals surface area contributed by atoms with Crippen LogP contribution in [-0.4, -0.2) is 80.7 Å². The molecule has 0 spiro atoms. The van der Waals surface area contributed by atoms with Gasteiger partial charge in [-0.2, -0.15) is 46.1 Å². The highest BCUT2D eigenvalue weighted by molar-refractivity contribution is 8.27. The molecule has 1 atom stereocenters. The van der Waals surface area contributed by atoms with E-state index in [1.165, 1.54) is 0 Å². The van der Waals surface area contributed by atoms with Crippen LogP contribution >= 0.6 is 111 Å². The summed E-state index contributed by atoms with van der Waals surface area (Å²) >= 11 is 15.8. The number of nitrogens with zero attached hydrogens (tertiary/aromatic N) is 2. The third kappa shape index (κ3) is 332. The molecule has 258 valence electrons. The van der Waals surface area contributed by atoms with E-state index in [-0.39, 0.29) is 47.7 Å². The van der Waals surface area contributed by atoms with Gasteiger partial charge in [-0.05, 0) is 0 Å². The fourth-order valence-corrected chi connectivity index (χ4v) is 3.21. The Morgan fingerprint density at radius 2 is 0.951 bits per heavy atom. The lowest BCUT2D eigenvalue weighted by molar-refractivity contribution is 0.307. The van der Waals surface area contributed by atoms with Crippen LogP contribution in [0.15, 0.2) is 8.73 Å². The molecule has 0 radical (unpaired) electrons. The second-order valence-corrected chi connectivity index (χ2v) is 15.2. The zero-order valence-corrected chi connectivity index (χ0v) is 32.3. The Morgan fingerprint density at radius 1 is 0.805 bits per heavy atom. The quantitative estimate of drug-likeness (QED) is 0.0986. The summed E-state index contributed by atoms with van der Waals surface area (Å²) in [5, 5.41) is 7.35. The fourth-order valence-electron chi connectivity index (χ4n) is 0.159. The van der Waals surface area contributed by atoms with E-state index in [0.717, 1.165) is 4.13 Å². The Hall–Kier alpha value is 2.47. The molecular weight excluding hydrogens is 953 g/mol. The number of nitrogens with one attached hydrogen (secondary N) is 1. The molecule has 0 saturated carbocycles. The molecule has 0 aliphatic heterocycles. The SMILES string of the molecule is NCCl.NCO.O=S(=O)(Cl)NS(=O)(=O)Cl.O=S(Cl)Cl.O=S(Cl)Cl.O=S([O-])OCl.O=S=NCCl.O=S=NCCl.O=S=O. The maximum atomic E-state index is 9.84. The number of rotatable bonds is 5. The summed E-state index contributed by atoms with van der Waals surface area (Å²) < 4.78 is 121. The van der Waals surface area contributed by atoms with Gasteiger partial charge in [0, 0.05) is 64.1 Å². The highest BCUT2D eigenvalue weighted by Gasteiger charge is 2.13. The van der Waals surface area contributed by atoms with E-state index in [4.69, 9.17) is 65.5 Å². The van der Waals surface area contributed by atoms with Crippen molar-refractivity contribution >= 4 is 194 Å². The van der Waals surface area contributed by atoms with Crippen LogP contribution < -0.4 is 15.6 Å². The standard InChI is InChI=1S/2CH2ClNOS.CH4ClN.CH5NO.Cl2HNO4S2.2Cl2OS.ClHO3S.O2S/c2*2-1-3-5-4;2*2-1-3;1-8(4,5)3-9(2,6)7;2*1-4(2)3;1-4-5(2)3;1-3-2/h2*1H2;1,3H2;3H,1-2H2;3H;;;(H,2,3);/p-1. The van der Waals surface area contributed by atoms with Crippen LogP contribution in [0.1, 0.15) is 0 Å². The molecule has 0 aromatic carbocycles. The minimum atomic E-state index is -4.28. The van der Waals surface area contributed by atoms with Gasteiger partial charge >= 0.3 is 30.0 Å². The highest BCUT2D eigenvalue weighted by Crippen LogP contribution is 1.97. The summed E-state index contributed by atoms with van der Waals surface area (Å²) in [6, 6.07) is 0.405. The van der Waals surface area contributed by atoms with E-state index >= 15 is 0 Å². The summed E-state index contributed by atoms with van der Waals surface area (Å²) in [6.45, 7) is -0.250. The monoisotopic (exact) mass is 962 g/mol. The van der Waals surface area contributed by atoms with Crippen molar-refractivity contribution in [2.24, 2.45) is 20.2 Å². The minimum absolute atomic E-state index is 0.0914. The van der Waals surface area contributed by atoms with Gasteiger partial charge in [0.25, 0.3) is 0 Å². The predicted molar refractivity (Wildman–Crippen MR) is 166 cm³/mol. The molecule has 0 fully saturated rings. The topological polar surface area (TPSA) is 329 Å². The van der Waals surface area contributed by atoms with E-state index in [9.17, 15) is 25.3 Å². The van der Waals surface area contributed by atoms with Crippen LogP contribution in [0.2, 0.25) is 0 Å². The van der Waals surface area contributed by atoms with E-state index < -0.39 is 59.9 Å². The molecule has 0 aromatic heterocycles. The van der Waals surface area contributed by atoms with Crippen LogP contribution in [0, 0.1) is 0 Å². The van der Waals surface area contributed by atoms with E-state index in [1.54, 1.807) is 0 Å². The van der Waals surface area contributed by atoms with Crippen LogP contribution in [0.4, 0.5) is 0 Å². The second kappa shape index (κ2) is 61.5. The van der Waals surface area contributed by atoms with E-state index in [1.807, 2.05) is 0 Å². The summed E-state index contributed by atoms with van der Waals surface area (Å²) in [5.41, 5.74) is 9.02. The number of nitrogens with two attached hydrogens (primary N) is 2. The summed E-state index contributed by atoms with van der Waals surface area (Å²) in [7, 11) is 15.0. The molecule has 0 saturated heterocycles. The van der Waals surface area contributed by atoms with Crippen LogP contribution in [-0.2, 0) is 86.5 Å². The van der Waals surface area contributed by atoms with Gasteiger partial charge in [0.05, 0.1) is 24.6 Å². The van der Waals surface area contributed by atoms with Crippen molar-refractivity contribution in [1.82, 2.24) is 4.13 Å². The number of aliphatic hydroxyl groups is 1. The molecule has 6 N–H and O–H groups in total. The van der Waals surface area contributed by atoms with Crippen molar-refractivity contribution in [2.45, 2.75) is 0 Å². The first-order valence-electron chi connectivity index (χ1n) is 6.59. The molecule has 0 aliphatic rings. The molecule has 0 bridgehead atoms.